The van der Waals surface area contributed by atoms with Crippen LogP contribution in [0.3, 0.4) is 0 Å². The zero-order valence-corrected chi connectivity index (χ0v) is 15.1. The molecule has 3 rings (SSSR count). The van der Waals surface area contributed by atoms with Crippen molar-refractivity contribution in [2.75, 3.05) is 22.6 Å². The van der Waals surface area contributed by atoms with E-state index >= 15 is 0 Å². The fraction of sp³-hybridized carbons (Fsp3) is 0.400. The molecule has 11 heteroatoms. The second kappa shape index (κ2) is 7.70. The summed E-state index contributed by atoms with van der Waals surface area (Å²) in [6.45, 7) is 0. The summed E-state index contributed by atoms with van der Waals surface area (Å²) in [6.07, 6.45) is 0.956. The smallest absolute Gasteiger partial charge is 0.277 e. The van der Waals surface area contributed by atoms with Gasteiger partial charge in [0.05, 0.1) is 17.3 Å². The van der Waals surface area contributed by atoms with Gasteiger partial charge in [-0.2, -0.15) is 0 Å². The van der Waals surface area contributed by atoms with Crippen molar-refractivity contribution in [1.82, 2.24) is 10.2 Å². The van der Waals surface area contributed by atoms with Gasteiger partial charge in [0.1, 0.15) is 0 Å². The first-order chi connectivity index (χ1) is 12.3. The van der Waals surface area contributed by atoms with E-state index in [1.165, 1.54) is 6.07 Å². The predicted octanol–water partition coefficient (Wildman–Crippen LogP) is 2.06. The molecule has 0 spiro atoms. The number of carbonyl (C=O) groups is 1. The fourth-order valence-electron chi connectivity index (χ4n) is 2.56. The summed E-state index contributed by atoms with van der Waals surface area (Å²) >= 11 is 0.995. The van der Waals surface area contributed by atoms with Crippen molar-refractivity contribution >= 4 is 33.2 Å². The Hall–Kier alpha value is -2.01. The summed E-state index contributed by atoms with van der Waals surface area (Å²) in [5.41, 5.74) is 0.142. The zero-order valence-electron chi connectivity index (χ0n) is 13.4. The number of thioether (sulfide) groups is 1. The summed E-state index contributed by atoms with van der Waals surface area (Å²) in [6, 6.07) is 3.06. The first-order valence-electron chi connectivity index (χ1n) is 7.71. The highest BCUT2D eigenvalue weighted by atomic mass is 32.2. The molecule has 1 atom stereocenters. The lowest BCUT2D eigenvalue weighted by Crippen LogP contribution is -2.14. The van der Waals surface area contributed by atoms with Gasteiger partial charge in [-0.15, -0.1) is 10.2 Å². The molecule has 140 valence electrons. The maximum absolute atomic E-state index is 13.1. The van der Waals surface area contributed by atoms with E-state index in [9.17, 15) is 22.0 Å². The van der Waals surface area contributed by atoms with Gasteiger partial charge >= 0.3 is 0 Å². The van der Waals surface area contributed by atoms with E-state index < -0.39 is 27.4 Å². The summed E-state index contributed by atoms with van der Waals surface area (Å²) in [4.78, 5) is 11.8. The molecule has 0 bridgehead atoms. The normalized spacial score (nSPS) is 18.8. The molecule has 0 aliphatic carbocycles. The number of hydrogen-bond acceptors (Lipinski definition) is 7. The van der Waals surface area contributed by atoms with Gasteiger partial charge in [0, 0.05) is 18.2 Å². The molecule has 0 unspecified atom stereocenters. The minimum absolute atomic E-state index is 0.0324. The molecule has 1 aliphatic heterocycles. The molecular formula is C15H15F2N3O4S2. The number of nitrogens with zero attached hydrogens (tertiary/aromatic N) is 2. The van der Waals surface area contributed by atoms with Crippen LogP contribution in [0.25, 0.3) is 0 Å². The number of benzene rings is 1. The van der Waals surface area contributed by atoms with Gasteiger partial charge in [-0.05, 0) is 24.5 Å². The third-order valence-electron chi connectivity index (χ3n) is 3.77. The number of rotatable bonds is 6. The van der Waals surface area contributed by atoms with Gasteiger partial charge in [-0.3, -0.25) is 4.79 Å². The molecule has 1 aliphatic rings. The number of aromatic nitrogens is 2. The molecule has 1 amide bonds. The average molecular weight is 403 g/mol. The van der Waals surface area contributed by atoms with Crippen molar-refractivity contribution in [2.24, 2.45) is 5.92 Å². The van der Waals surface area contributed by atoms with E-state index in [1.807, 2.05) is 0 Å². The molecule has 7 nitrogen and oxygen atoms in total. The molecule has 1 aromatic heterocycles. The number of sulfone groups is 1. The topological polar surface area (TPSA) is 102 Å². The van der Waals surface area contributed by atoms with Crippen LogP contribution >= 0.6 is 11.8 Å². The molecular weight excluding hydrogens is 388 g/mol. The third-order valence-corrected chi connectivity index (χ3v) is 6.42. The molecule has 26 heavy (non-hydrogen) atoms. The van der Waals surface area contributed by atoms with Crippen molar-refractivity contribution in [3.05, 3.63) is 35.7 Å². The Labute approximate surface area is 152 Å². The summed E-state index contributed by atoms with van der Waals surface area (Å²) in [5, 5.41) is 10.3. The number of halogens is 2. The van der Waals surface area contributed by atoms with Crippen molar-refractivity contribution < 1.29 is 26.4 Å². The van der Waals surface area contributed by atoms with Gasteiger partial charge < -0.3 is 9.73 Å². The highest BCUT2D eigenvalue weighted by Gasteiger charge is 2.29. The monoisotopic (exact) mass is 403 g/mol. The maximum Gasteiger partial charge on any atom is 0.277 e. The second-order valence-corrected chi connectivity index (χ2v) is 9.06. The number of hydrogen-bond donors (Lipinski definition) is 1. The van der Waals surface area contributed by atoms with Crippen LogP contribution in [0.4, 0.5) is 14.5 Å². The van der Waals surface area contributed by atoms with Gasteiger partial charge in [0.2, 0.25) is 11.8 Å². The number of anilines is 1. The Morgan fingerprint density at radius 2 is 2.12 bits per heavy atom. The minimum Gasteiger partial charge on any atom is -0.416 e. The van der Waals surface area contributed by atoms with E-state index in [4.69, 9.17) is 4.42 Å². The number of nitrogens with one attached hydrogen (secondary N) is 1. The van der Waals surface area contributed by atoms with Crippen LogP contribution < -0.4 is 5.32 Å². The van der Waals surface area contributed by atoms with E-state index in [0.717, 1.165) is 23.9 Å². The van der Waals surface area contributed by atoms with Gasteiger partial charge in [0.25, 0.3) is 5.22 Å². The Balaban J connectivity index is 1.48. The van der Waals surface area contributed by atoms with Crippen LogP contribution in [0.1, 0.15) is 12.3 Å². The SMILES string of the molecule is O=C(CSc1nnc(C[C@@H]2CCS(=O)(=O)C2)o1)Nc1ccc(F)c(F)c1. The second-order valence-electron chi connectivity index (χ2n) is 5.90. The van der Waals surface area contributed by atoms with E-state index in [1.54, 1.807) is 0 Å². The largest absolute Gasteiger partial charge is 0.416 e. The molecule has 1 saturated heterocycles. The lowest BCUT2D eigenvalue weighted by molar-refractivity contribution is -0.113. The van der Waals surface area contributed by atoms with E-state index in [0.29, 0.717) is 18.7 Å². The predicted molar refractivity (Wildman–Crippen MR) is 90.5 cm³/mol. The van der Waals surface area contributed by atoms with Crippen LogP contribution in [0.2, 0.25) is 0 Å². The Morgan fingerprint density at radius 3 is 2.81 bits per heavy atom. The quantitative estimate of drug-likeness (QED) is 0.737. The summed E-state index contributed by atoms with van der Waals surface area (Å²) in [5.74, 6) is -1.95. The van der Waals surface area contributed by atoms with E-state index in [-0.39, 0.29) is 34.1 Å². The van der Waals surface area contributed by atoms with Gasteiger partial charge in [0.15, 0.2) is 21.5 Å². The van der Waals surface area contributed by atoms with Crippen molar-refractivity contribution in [3.63, 3.8) is 0 Å². The number of amides is 1. The molecule has 1 N–H and O–H groups in total. The fourth-order valence-corrected chi connectivity index (χ4v) is 5.00. The third kappa shape index (κ3) is 5.01. The Bertz CT molecular complexity index is 917. The van der Waals surface area contributed by atoms with Gasteiger partial charge in [-0.1, -0.05) is 11.8 Å². The summed E-state index contributed by atoms with van der Waals surface area (Å²) < 4.78 is 54.2. The lowest BCUT2D eigenvalue weighted by Gasteiger charge is -2.04. The number of carbonyl (C=O) groups excluding carboxylic acids is 1. The Kier molecular flexibility index (Phi) is 5.56. The van der Waals surface area contributed by atoms with Crippen LogP contribution in [0.15, 0.2) is 27.8 Å². The van der Waals surface area contributed by atoms with Crippen molar-refractivity contribution in [3.8, 4) is 0 Å². The maximum atomic E-state index is 13.1. The van der Waals surface area contributed by atoms with Crippen molar-refractivity contribution in [1.29, 1.82) is 0 Å². The molecule has 0 radical (unpaired) electrons. The first kappa shape index (κ1) is 18.8. The van der Waals surface area contributed by atoms with Crippen LogP contribution in [-0.2, 0) is 21.1 Å². The molecule has 1 aromatic carbocycles. The molecule has 0 saturated carbocycles. The van der Waals surface area contributed by atoms with Crippen LogP contribution in [-0.4, -0.2) is 41.8 Å². The minimum atomic E-state index is -2.96. The lowest BCUT2D eigenvalue weighted by atomic mass is 10.1. The molecule has 2 heterocycles. The highest BCUT2D eigenvalue weighted by Crippen LogP contribution is 2.24. The highest BCUT2D eigenvalue weighted by molar-refractivity contribution is 7.99. The van der Waals surface area contributed by atoms with Crippen LogP contribution in [0, 0.1) is 17.6 Å². The molecule has 1 fully saturated rings. The van der Waals surface area contributed by atoms with Gasteiger partial charge in [-0.25, -0.2) is 17.2 Å². The van der Waals surface area contributed by atoms with Crippen molar-refractivity contribution in [2.45, 2.75) is 18.1 Å². The van der Waals surface area contributed by atoms with Crippen LogP contribution in [0.5, 0.6) is 0 Å². The van der Waals surface area contributed by atoms with E-state index in [2.05, 4.69) is 15.5 Å². The summed E-state index contributed by atoms with van der Waals surface area (Å²) in [7, 11) is -2.96. The first-order valence-corrected chi connectivity index (χ1v) is 10.5. The molecule has 2 aromatic rings. The Morgan fingerprint density at radius 1 is 1.31 bits per heavy atom. The average Bonchev–Trinajstić information content (AvgIpc) is 3.15. The standard InChI is InChI=1S/C15H15F2N3O4S2/c16-11-2-1-10(6-12(11)17)18-13(21)7-25-15-20-19-14(24-15)5-9-3-4-26(22,23)8-9/h1-2,6,9H,3-5,7-8H2,(H,18,21)/t9-/m0/s1. The zero-order chi connectivity index (χ0) is 18.7.